The maximum Gasteiger partial charge on any atom is 0.227 e. The van der Waals surface area contributed by atoms with Crippen molar-refractivity contribution in [3.05, 3.63) is 17.0 Å². The Hall–Kier alpha value is -1.44. The van der Waals surface area contributed by atoms with Crippen molar-refractivity contribution in [2.45, 2.75) is 32.4 Å². The molecule has 1 fully saturated rings. The van der Waals surface area contributed by atoms with Crippen LogP contribution in [-0.2, 0) is 16.0 Å². The minimum Gasteiger partial charge on any atom is -0.383 e. The summed E-state index contributed by atoms with van der Waals surface area (Å²) in [5, 5.41) is 11.1. The summed E-state index contributed by atoms with van der Waals surface area (Å²) in [7, 11) is 3.52. The highest BCUT2D eigenvalue weighted by Crippen LogP contribution is 2.29. The lowest BCUT2D eigenvalue weighted by Crippen LogP contribution is -2.38. The molecule has 1 aliphatic heterocycles. The van der Waals surface area contributed by atoms with Gasteiger partial charge in [-0.2, -0.15) is 0 Å². The van der Waals surface area contributed by atoms with E-state index in [1.54, 1.807) is 25.6 Å². The van der Waals surface area contributed by atoms with Gasteiger partial charge in [0.25, 0.3) is 0 Å². The van der Waals surface area contributed by atoms with Gasteiger partial charge in [-0.1, -0.05) is 0 Å². The van der Waals surface area contributed by atoms with Crippen LogP contribution in [0.15, 0.2) is 11.4 Å². The van der Waals surface area contributed by atoms with Crippen molar-refractivity contribution < 1.29 is 9.47 Å². The number of hydrogen-bond acceptors (Lipinski definition) is 6. The van der Waals surface area contributed by atoms with E-state index in [1.807, 2.05) is 0 Å². The van der Waals surface area contributed by atoms with Crippen LogP contribution < -0.4 is 4.90 Å². The molecule has 1 saturated heterocycles. The van der Waals surface area contributed by atoms with Crippen molar-refractivity contribution in [1.82, 2.24) is 14.8 Å². The molecule has 1 aliphatic rings. The van der Waals surface area contributed by atoms with Crippen LogP contribution >= 0.6 is 11.3 Å². The van der Waals surface area contributed by atoms with Gasteiger partial charge in [0, 0.05) is 27.3 Å². The van der Waals surface area contributed by atoms with Gasteiger partial charge >= 0.3 is 0 Å². The van der Waals surface area contributed by atoms with E-state index in [4.69, 9.17) is 9.47 Å². The predicted octanol–water partition coefficient (Wildman–Crippen LogP) is 2.58. The molecule has 0 spiro atoms. The fourth-order valence-electron chi connectivity index (χ4n) is 2.94. The minimum absolute atomic E-state index is 0.362. The van der Waals surface area contributed by atoms with Crippen LogP contribution in [0.4, 0.5) is 5.95 Å². The molecule has 2 aromatic rings. The van der Waals surface area contributed by atoms with Gasteiger partial charge in [0.05, 0.1) is 24.1 Å². The zero-order valence-corrected chi connectivity index (χ0v) is 14.8. The third kappa shape index (κ3) is 3.57. The van der Waals surface area contributed by atoms with Gasteiger partial charge in [-0.25, -0.2) is 0 Å². The van der Waals surface area contributed by atoms with Gasteiger partial charge < -0.3 is 14.4 Å². The summed E-state index contributed by atoms with van der Waals surface area (Å²) in [6.45, 7) is 5.42. The van der Waals surface area contributed by atoms with E-state index >= 15 is 0 Å². The zero-order chi connectivity index (χ0) is 16.2. The SMILES string of the molecule is COCCn1c(-c2cc(C)cs2)nnc1N1CCC(OC)CC1. The fraction of sp³-hybridized carbons (Fsp3) is 0.625. The maximum atomic E-state index is 5.46. The molecular formula is C16H24N4O2S. The summed E-state index contributed by atoms with van der Waals surface area (Å²) >= 11 is 1.71. The third-order valence-corrected chi connectivity index (χ3v) is 5.30. The monoisotopic (exact) mass is 336 g/mol. The van der Waals surface area contributed by atoms with Crippen LogP contribution in [-0.4, -0.2) is 54.8 Å². The number of aryl methyl sites for hydroxylation is 1. The van der Waals surface area contributed by atoms with E-state index in [1.165, 1.54) is 5.56 Å². The molecule has 2 aromatic heterocycles. The third-order valence-electron chi connectivity index (χ3n) is 4.26. The van der Waals surface area contributed by atoms with Crippen molar-refractivity contribution in [3.8, 4) is 10.7 Å². The molecule has 0 aliphatic carbocycles. The molecule has 0 bridgehead atoms. The summed E-state index contributed by atoms with van der Waals surface area (Å²) in [5.41, 5.74) is 1.26. The predicted molar refractivity (Wildman–Crippen MR) is 92.2 cm³/mol. The first kappa shape index (κ1) is 16.4. The second-order valence-electron chi connectivity index (χ2n) is 5.88. The largest absolute Gasteiger partial charge is 0.383 e. The smallest absolute Gasteiger partial charge is 0.227 e. The average molecular weight is 336 g/mol. The fourth-order valence-corrected chi connectivity index (χ4v) is 3.83. The lowest BCUT2D eigenvalue weighted by atomic mass is 10.1. The number of hydrogen-bond donors (Lipinski definition) is 0. The Morgan fingerprint density at radius 3 is 2.65 bits per heavy atom. The lowest BCUT2D eigenvalue weighted by Gasteiger charge is -2.32. The van der Waals surface area contributed by atoms with E-state index in [-0.39, 0.29) is 0 Å². The Bertz CT molecular complexity index is 632. The Morgan fingerprint density at radius 2 is 2.04 bits per heavy atom. The highest BCUT2D eigenvalue weighted by molar-refractivity contribution is 7.13. The molecule has 3 heterocycles. The number of piperidine rings is 1. The summed E-state index contributed by atoms with van der Waals surface area (Å²) in [5.74, 6) is 1.88. The minimum atomic E-state index is 0.362. The molecule has 0 aromatic carbocycles. The normalized spacial score (nSPS) is 16.2. The second-order valence-corrected chi connectivity index (χ2v) is 6.79. The van der Waals surface area contributed by atoms with Crippen LogP contribution in [0.2, 0.25) is 0 Å². The summed E-state index contributed by atoms with van der Waals surface area (Å²) in [6, 6.07) is 2.17. The van der Waals surface area contributed by atoms with Crippen LogP contribution in [0, 0.1) is 6.92 Å². The highest BCUT2D eigenvalue weighted by Gasteiger charge is 2.24. The Morgan fingerprint density at radius 1 is 1.26 bits per heavy atom. The first-order valence-electron chi connectivity index (χ1n) is 7.98. The molecule has 0 unspecified atom stereocenters. The van der Waals surface area contributed by atoms with Gasteiger partial charge in [0.2, 0.25) is 5.95 Å². The zero-order valence-electron chi connectivity index (χ0n) is 14.0. The Kier molecular flexibility index (Phi) is 5.30. The van der Waals surface area contributed by atoms with Gasteiger partial charge in [-0.05, 0) is 36.8 Å². The van der Waals surface area contributed by atoms with E-state index < -0.39 is 0 Å². The number of nitrogens with zero attached hydrogens (tertiary/aromatic N) is 4. The number of rotatable bonds is 6. The summed E-state index contributed by atoms with van der Waals surface area (Å²) in [4.78, 5) is 3.46. The lowest BCUT2D eigenvalue weighted by molar-refractivity contribution is 0.0814. The van der Waals surface area contributed by atoms with Crippen molar-refractivity contribution in [3.63, 3.8) is 0 Å². The van der Waals surface area contributed by atoms with E-state index in [0.717, 1.165) is 49.1 Å². The topological polar surface area (TPSA) is 52.4 Å². The van der Waals surface area contributed by atoms with Gasteiger partial charge in [0.1, 0.15) is 0 Å². The average Bonchev–Trinajstić information content (AvgIpc) is 3.19. The molecule has 126 valence electrons. The van der Waals surface area contributed by atoms with Crippen molar-refractivity contribution >= 4 is 17.3 Å². The standard InChI is InChI=1S/C16H24N4O2S/c1-12-10-14(23-11-12)15-17-18-16(20(15)8-9-21-2)19-6-4-13(22-3)5-7-19/h10-11,13H,4-9H2,1-3H3. The highest BCUT2D eigenvalue weighted by atomic mass is 32.1. The van der Waals surface area contributed by atoms with Crippen molar-refractivity contribution in [2.75, 3.05) is 38.8 Å². The maximum absolute atomic E-state index is 5.46. The number of ether oxygens (including phenoxy) is 2. The van der Waals surface area contributed by atoms with Crippen LogP contribution in [0.1, 0.15) is 18.4 Å². The molecule has 7 heteroatoms. The van der Waals surface area contributed by atoms with Crippen LogP contribution in [0.5, 0.6) is 0 Å². The molecule has 0 N–H and O–H groups in total. The van der Waals surface area contributed by atoms with E-state index in [9.17, 15) is 0 Å². The van der Waals surface area contributed by atoms with E-state index in [2.05, 4.69) is 38.0 Å². The van der Waals surface area contributed by atoms with Gasteiger partial charge in [-0.3, -0.25) is 4.57 Å². The summed E-state index contributed by atoms with van der Waals surface area (Å²) in [6.07, 6.45) is 2.42. The number of methoxy groups -OCH3 is 2. The molecule has 6 nitrogen and oxygen atoms in total. The Balaban J connectivity index is 1.86. The quantitative estimate of drug-likeness (QED) is 0.811. The molecule has 0 saturated carbocycles. The van der Waals surface area contributed by atoms with E-state index in [0.29, 0.717) is 12.7 Å². The van der Waals surface area contributed by atoms with Crippen molar-refractivity contribution in [1.29, 1.82) is 0 Å². The van der Waals surface area contributed by atoms with Gasteiger partial charge in [-0.15, -0.1) is 21.5 Å². The second kappa shape index (κ2) is 7.42. The molecule has 23 heavy (non-hydrogen) atoms. The van der Waals surface area contributed by atoms with Crippen LogP contribution in [0.25, 0.3) is 10.7 Å². The molecule has 3 rings (SSSR count). The Labute approximate surface area is 141 Å². The van der Waals surface area contributed by atoms with Gasteiger partial charge in [0.15, 0.2) is 5.82 Å². The summed E-state index contributed by atoms with van der Waals surface area (Å²) < 4.78 is 12.9. The molecular weight excluding hydrogens is 312 g/mol. The first-order chi connectivity index (χ1) is 11.2. The van der Waals surface area contributed by atoms with Crippen LogP contribution in [0.3, 0.4) is 0 Å². The number of anilines is 1. The molecule has 0 amide bonds. The number of aromatic nitrogens is 3. The first-order valence-corrected chi connectivity index (χ1v) is 8.86. The molecule has 0 atom stereocenters. The molecule has 0 radical (unpaired) electrons. The number of thiophene rings is 1. The van der Waals surface area contributed by atoms with Crippen molar-refractivity contribution in [2.24, 2.45) is 0 Å².